The number of thiophene rings is 1. The summed E-state index contributed by atoms with van der Waals surface area (Å²) in [4.78, 5) is 29.5. The number of anilines is 1. The fourth-order valence-electron chi connectivity index (χ4n) is 3.42. The van der Waals surface area contributed by atoms with Gasteiger partial charge in [-0.05, 0) is 23.6 Å². The molecule has 4 rings (SSSR count). The SMILES string of the molecule is O=C(c1cccs1)N1CC2CN(c3ccccc3)C(=O)C2C1. The molecule has 2 saturated heterocycles. The summed E-state index contributed by atoms with van der Waals surface area (Å²) in [5.74, 6) is 0.405. The van der Waals surface area contributed by atoms with Crippen LogP contribution < -0.4 is 4.90 Å². The summed E-state index contributed by atoms with van der Waals surface area (Å²) in [6.07, 6.45) is 0. The number of likely N-dealkylation sites (tertiary alicyclic amines) is 1. The lowest BCUT2D eigenvalue weighted by Gasteiger charge is -2.21. The average Bonchev–Trinajstić information content (AvgIpc) is 3.25. The van der Waals surface area contributed by atoms with Crippen LogP contribution in [-0.2, 0) is 4.79 Å². The Labute approximate surface area is 133 Å². The van der Waals surface area contributed by atoms with E-state index >= 15 is 0 Å². The number of benzene rings is 1. The zero-order chi connectivity index (χ0) is 15.1. The summed E-state index contributed by atoms with van der Waals surface area (Å²) >= 11 is 1.46. The van der Waals surface area contributed by atoms with Gasteiger partial charge >= 0.3 is 0 Å². The van der Waals surface area contributed by atoms with E-state index in [-0.39, 0.29) is 23.7 Å². The lowest BCUT2D eigenvalue weighted by molar-refractivity contribution is -0.120. The molecule has 1 aromatic carbocycles. The van der Waals surface area contributed by atoms with E-state index in [9.17, 15) is 9.59 Å². The molecule has 4 nitrogen and oxygen atoms in total. The zero-order valence-corrected chi connectivity index (χ0v) is 12.8. The van der Waals surface area contributed by atoms with Gasteiger partial charge in [0.15, 0.2) is 0 Å². The zero-order valence-electron chi connectivity index (χ0n) is 12.0. The smallest absolute Gasteiger partial charge is 0.263 e. The highest BCUT2D eigenvalue weighted by atomic mass is 32.1. The molecule has 2 fully saturated rings. The van der Waals surface area contributed by atoms with Crippen LogP contribution in [0.15, 0.2) is 47.8 Å². The summed E-state index contributed by atoms with van der Waals surface area (Å²) in [7, 11) is 0. The molecule has 0 saturated carbocycles. The van der Waals surface area contributed by atoms with Crippen LogP contribution in [0.25, 0.3) is 0 Å². The molecule has 2 amide bonds. The number of rotatable bonds is 2. The highest BCUT2D eigenvalue weighted by Gasteiger charge is 2.47. The Morgan fingerprint density at radius 1 is 1.05 bits per heavy atom. The molecule has 5 heteroatoms. The third-order valence-electron chi connectivity index (χ3n) is 4.53. The molecule has 2 atom stereocenters. The highest BCUT2D eigenvalue weighted by molar-refractivity contribution is 7.12. The molecule has 2 aliphatic heterocycles. The van der Waals surface area contributed by atoms with Crippen molar-refractivity contribution >= 4 is 28.8 Å². The van der Waals surface area contributed by atoms with Gasteiger partial charge in [-0.25, -0.2) is 0 Å². The van der Waals surface area contributed by atoms with Crippen LogP contribution in [0.1, 0.15) is 9.67 Å². The molecule has 2 aromatic rings. The van der Waals surface area contributed by atoms with Crippen LogP contribution in [0.4, 0.5) is 5.69 Å². The molecule has 0 bridgehead atoms. The molecule has 0 spiro atoms. The number of carbonyl (C=O) groups is 2. The Balaban J connectivity index is 1.50. The predicted molar refractivity (Wildman–Crippen MR) is 86.0 cm³/mol. The van der Waals surface area contributed by atoms with Gasteiger partial charge in [-0.3, -0.25) is 9.59 Å². The molecule has 112 valence electrons. The molecule has 0 radical (unpaired) electrons. The van der Waals surface area contributed by atoms with Crippen molar-refractivity contribution in [3.05, 3.63) is 52.7 Å². The Morgan fingerprint density at radius 3 is 2.55 bits per heavy atom. The van der Waals surface area contributed by atoms with Crippen molar-refractivity contribution in [2.45, 2.75) is 0 Å². The van der Waals surface area contributed by atoms with Crippen molar-refractivity contribution in [2.75, 3.05) is 24.5 Å². The van der Waals surface area contributed by atoms with Gasteiger partial charge in [0.1, 0.15) is 0 Å². The second-order valence-corrected chi connectivity index (χ2v) is 6.79. The van der Waals surface area contributed by atoms with Crippen LogP contribution in [0.2, 0.25) is 0 Å². The lowest BCUT2D eigenvalue weighted by Crippen LogP contribution is -2.35. The first-order valence-electron chi connectivity index (χ1n) is 7.43. The molecule has 0 aliphatic carbocycles. The van der Waals surface area contributed by atoms with Crippen LogP contribution in [0, 0.1) is 11.8 Å². The average molecular weight is 312 g/mol. The van der Waals surface area contributed by atoms with E-state index in [0.29, 0.717) is 19.6 Å². The Kier molecular flexibility index (Phi) is 3.22. The Morgan fingerprint density at radius 2 is 1.86 bits per heavy atom. The number of carbonyl (C=O) groups excluding carboxylic acids is 2. The van der Waals surface area contributed by atoms with Gasteiger partial charge in [-0.2, -0.15) is 0 Å². The van der Waals surface area contributed by atoms with Crippen LogP contribution in [0.5, 0.6) is 0 Å². The highest BCUT2D eigenvalue weighted by Crippen LogP contribution is 2.35. The van der Waals surface area contributed by atoms with Gasteiger partial charge in [0.2, 0.25) is 5.91 Å². The quantitative estimate of drug-likeness (QED) is 0.855. The Bertz CT molecular complexity index is 699. The van der Waals surface area contributed by atoms with E-state index in [4.69, 9.17) is 0 Å². The topological polar surface area (TPSA) is 40.6 Å². The van der Waals surface area contributed by atoms with Crippen molar-refractivity contribution in [1.82, 2.24) is 4.90 Å². The van der Waals surface area contributed by atoms with Crippen molar-refractivity contribution in [1.29, 1.82) is 0 Å². The van der Waals surface area contributed by atoms with Gasteiger partial charge < -0.3 is 9.80 Å². The van der Waals surface area contributed by atoms with Crippen LogP contribution in [-0.4, -0.2) is 36.3 Å². The number of hydrogen-bond acceptors (Lipinski definition) is 3. The van der Waals surface area contributed by atoms with E-state index in [1.165, 1.54) is 11.3 Å². The normalized spacial score (nSPS) is 23.9. The van der Waals surface area contributed by atoms with Crippen molar-refractivity contribution in [3.8, 4) is 0 Å². The number of para-hydroxylation sites is 1. The second kappa shape index (κ2) is 5.25. The molecule has 1 aromatic heterocycles. The third kappa shape index (κ3) is 2.13. The lowest BCUT2D eigenvalue weighted by atomic mass is 10.0. The third-order valence-corrected chi connectivity index (χ3v) is 5.39. The first-order valence-corrected chi connectivity index (χ1v) is 8.31. The van der Waals surface area contributed by atoms with Crippen molar-refractivity contribution < 1.29 is 9.59 Å². The Hall–Kier alpha value is -2.14. The summed E-state index contributed by atoms with van der Waals surface area (Å²) in [6, 6.07) is 13.5. The van der Waals surface area contributed by atoms with E-state index < -0.39 is 0 Å². The van der Waals surface area contributed by atoms with Crippen molar-refractivity contribution in [2.24, 2.45) is 11.8 Å². The van der Waals surface area contributed by atoms with Crippen molar-refractivity contribution in [3.63, 3.8) is 0 Å². The van der Waals surface area contributed by atoms with Gasteiger partial charge in [0, 0.05) is 31.2 Å². The first-order chi connectivity index (χ1) is 10.7. The molecule has 3 heterocycles. The number of hydrogen-bond donors (Lipinski definition) is 0. The molecule has 2 aliphatic rings. The second-order valence-electron chi connectivity index (χ2n) is 5.84. The van der Waals surface area contributed by atoms with Gasteiger partial charge in [-0.1, -0.05) is 24.3 Å². The minimum atomic E-state index is -0.0517. The van der Waals surface area contributed by atoms with Gasteiger partial charge in [0.05, 0.1) is 10.8 Å². The van der Waals surface area contributed by atoms with Gasteiger partial charge in [0.25, 0.3) is 5.91 Å². The van der Waals surface area contributed by atoms with E-state index in [0.717, 1.165) is 10.6 Å². The predicted octanol–water partition coefficient (Wildman–Crippen LogP) is 2.48. The minimum Gasteiger partial charge on any atom is -0.337 e. The molecular formula is C17H16N2O2S. The maximum absolute atomic E-state index is 12.6. The summed E-state index contributed by atoms with van der Waals surface area (Å²) in [5.41, 5.74) is 0.957. The largest absolute Gasteiger partial charge is 0.337 e. The summed E-state index contributed by atoms with van der Waals surface area (Å²) in [6.45, 7) is 1.93. The number of nitrogens with zero attached hydrogens (tertiary/aromatic N) is 2. The molecule has 0 N–H and O–H groups in total. The minimum absolute atomic E-state index is 0.0517. The standard InChI is InChI=1S/C17H16N2O2S/c20-16-14-11-18(17(21)15-7-4-8-22-15)9-12(14)10-19(16)13-5-2-1-3-6-13/h1-8,12,14H,9-11H2. The molecule has 2 unspecified atom stereocenters. The van der Waals surface area contributed by atoms with Crippen LogP contribution >= 0.6 is 11.3 Å². The summed E-state index contributed by atoms with van der Waals surface area (Å²) < 4.78 is 0. The van der Waals surface area contributed by atoms with Crippen LogP contribution in [0.3, 0.4) is 0 Å². The summed E-state index contributed by atoms with van der Waals surface area (Å²) in [5, 5.41) is 1.91. The van der Waals surface area contributed by atoms with E-state index in [1.807, 2.05) is 57.6 Å². The maximum atomic E-state index is 12.6. The first kappa shape index (κ1) is 13.5. The number of amides is 2. The van der Waals surface area contributed by atoms with E-state index in [1.54, 1.807) is 0 Å². The number of fused-ring (bicyclic) bond motifs is 1. The maximum Gasteiger partial charge on any atom is 0.263 e. The monoisotopic (exact) mass is 312 g/mol. The van der Waals surface area contributed by atoms with Gasteiger partial charge in [-0.15, -0.1) is 11.3 Å². The van der Waals surface area contributed by atoms with E-state index in [2.05, 4.69) is 0 Å². The fourth-order valence-corrected chi connectivity index (χ4v) is 4.11. The molecule has 22 heavy (non-hydrogen) atoms. The fraction of sp³-hybridized carbons (Fsp3) is 0.294. The molecular weight excluding hydrogens is 296 g/mol.